The molecule has 2 aromatic rings. The zero-order chi connectivity index (χ0) is 13.9. The van der Waals surface area contributed by atoms with Crippen LogP contribution in [0.5, 0.6) is 0 Å². The number of aliphatic carboxylic acids is 1. The number of aromatic nitrogens is 4. The highest BCUT2D eigenvalue weighted by Gasteiger charge is 2.26. The molecule has 1 N–H and O–H groups in total. The van der Waals surface area contributed by atoms with Gasteiger partial charge in [0.25, 0.3) is 0 Å². The smallest absolute Gasteiger partial charge is 0.308 e. The van der Waals surface area contributed by atoms with Gasteiger partial charge in [0.05, 0.1) is 18.3 Å². The van der Waals surface area contributed by atoms with Gasteiger partial charge in [0.15, 0.2) is 5.82 Å². The Hall–Kier alpha value is -2.44. The van der Waals surface area contributed by atoms with Crippen molar-refractivity contribution in [1.29, 1.82) is 0 Å². The minimum absolute atomic E-state index is 0.334. The molecule has 2 aromatic heterocycles. The van der Waals surface area contributed by atoms with Crippen LogP contribution in [0.3, 0.4) is 0 Å². The summed E-state index contributed by atoms with van der Waals surface area (Å²) in [6.07, 6.45) is 8.34. The molecule has 0 amide bonds. The Bertz CT molecular complexity index is 599. The topological polar surface area (TPSA) is 84.1 Å². The SMILES string of the molecule is O=C(O)C1CCCN(c2cncc(-n3cccn3)n2)C1. The molecule has 1 aliphatic heterocycles. The Labute approximate surface area is 115 Å². The van der Waals surface area contributed by atoms with Crippen LogP contribution in [0, 0.1) is 5.92 Å². The molecule has 0 bridgehead atoms. The second-order valence-corrected chi connectivity index (χ2v) is 4.81. The quantitative estimate of drug-likeness (QED) is 0.896. The van der Waals surface area contributed by atoms with Crippen LogP contribution in [0.1, 0.15) is 12.8 Å². The van der Waals surface area contributed by atoms with E-state index < -0.39 is 5.97 Å². The number of rotatable bonds is 3. The first-order valence-electron chi connectivity index (χ1n) is 6.54. The number of hydrogen-bond donors (Lipinski definition) is 1. The third-order valence-corrected chi connectivity index (χ3v) is 3.44. The van der Waals surface area contributed by atoms with E-state index in [1.54, 1.807) is 29.5 Å². The Morgan fingerprint density at radius 1 is 1.35 bits per heavy atom. The van der Waals surface area contributed by atoms with Crippen molar-refractivity contribution in [3.63, 3.8) is 0 Å². The zero-order valence-corrected chi connectivity index (χ0v) is 10.9. The maximum atomic E-state index is 11.1. The number of piperidine rings is 1. The van der Waals surface area contributed by atoms with Crippen molar-refractivity contribution < 1.29 is 9.90 Å². The van der Waals surface area contributed by atoms with Gasteiger partial charge in [-0.1, -0.05) is 0 Å². The highest BCUT2D eigenvalue weighted by atomic mass is 16.4. The van der Waals surface area contributed by atoms with Crippen molar-refractivity contribution in [3.8, 4) is 5.82 Å². The van der Waals surface area contributed by atoms with Gasteiger partial charge in [0, 0.05) is 25.5 Å². The van der Waals surface area contributed by atoms with Crippen molar-refractivity contribution >= 4 is 11.8 Å². The molecule has 104 valence electrons. The van der Waals surface area contributed by atoms with Gasteiger partial charge in [-0.15, -0.1) is 0 Å². The molecule has 0 saturated carbocycles. The number of carbonyl (C=O) groups is 1. The van der Waals surface area contributed by atoms with Gasteiger partial charge in [-0.3, -0.25) is 9.78 Å². The Kier molecular flexibility index (Phi) is 3.32. The van der Waals surface area contributed by atoms with Crippen LogP contribution in [0.15, 0.2) is 30.9 Å². The minimum Gasteiger partial charge on any atom is -0.481 e. The summed E-state index contributed by atoms with van der Waals surface area (Å²) in [7, 11) is 0. The van der Waals surface area contributed by atoms with Crippen molar-refractivity contribution in [2.75, 3.05) is 18.0 Å². The molecule has 0 aliphatic carbocycles. The monoisotopic (exact) mass is 273 g/mol. The standard InChI is InChI=1S/C13H15N5O2/c19-13(20)10-3-1-5-17(9-10)11-7-14-8-12(16-11)18-6-2-4-15-18/h2,4,6-8,10H,1,3,5,9H2,(H,19,20). The van der Waals surface area contributed by atoms with Gasteiger partial charge in [-0.25, -0.2) is 9.67 Å². The number of anilines is 1. The summed E-state index contributed by atoms with van der Waals surface area (Å²) in [5.74, 6) is 0.249. The molecule has 1 unspecified atom stereocenters. The maximum absolute atomic E-state index is 11.1. The van der Waals surface area contributed by atoms with E-state index in [4.69, 9.17) is 5.11 Å². The lowest BCUT2D eigenvalue weighted by atomic mass is 9.98. The number of carboxylic acid groups (broad SMARTS) is 1. The van der Waals surface area contributed by atoms with Crippen LogP contribution >= 0.6 is 0 Å². The summed E-state index contributed by atoms with van der Waals surface area (Å²) in [6, 6.07) is 1.82. The van der Waals surface area contributed by atoms with Crippen molar-refractivity contribution in [3.05, 3.63) is 30.9 Å². The van der Waals surface area contributed by atoms with Crippen LogP contribution in [0.25, 0.3) is 5.82 Å². The first-order chi connectivity index (χ1) is 9.74. The number of carboxylic acids is 1. The van der Waals surface area contributed by atoms with Crippen molar-refractivity contribution in [2.24, 2.45) is 5.92 Å². The maximum Gasteiger partial charge on any atom is 0.308 e. The summed E-state index contributed by atoms with van der Waals surface area (Å²) >= 11 is 0. The molecule has 0 aromatic carbocycles. The summed E-state index contributed by atoms with van der Waals surface area (Å²) in [5.41, 5.74) is 0. The third-order valence-electron chi connectivity index (χ3n) is 3.44. The Balaban J connectivity index is 1.83. The van der Waals surface area contributed by atoms with Crippen molar-refractivity contribution in [1.82, 2.24) is 19.7 Å². The van der Waals surface area contributed by atoms with Crippen LogP contribution in [0.4, 0.5) is 5.82 Å². The molecule has 3 heterocycles. The van der Waals surface area contributed by atoms with Gasteiger partial charge in [0.1, 0.15) is 5.82 Å². The largest absolute Gasteiger partial charge is 0.481 e. The number of nitrogens with zero attached hydrogens (tertiary/aromatic N) is 5. The molecule has 7 nitrogen and oxygen atoms in total. The average Bonchev–Trinajstić information content (AvgIpc) is 3.02. The predicted molar refractivity (Wildman–Crippen MR) is 71.7 cm³/mol. The first-order valence-corrected chi connectivity index (χ1v) is 6.54. The predicted octanol–water partition coefficient (Wildman–Crippen LogP) is 0.963. The van der Waals surface area contributed by atoms with Crippen LogP contribution in [-0.2, 0) is 4.79 Å². The second kappa shape index (κ2) is 5.28. The Morgan fingerprint density at radius 2 is 2.20 bits per heavy atom. The molecule has 1 atom stereocenters. The molecule has 1 fully saturated rings. The molecular weight excluding hydrogens is 258 g/mol. The molecular formula is C13H15N5O2. The number of hydrogen-bond acceptors (Lipinski definition) is 5. The fourth-order valence-electron chi connectivity index (χ4n) is 2.40. The highest BCUT2D eigenvalue weighted by Crippen LogP contribution is 2.21. The van der Waals surface area contributed by atoms with E-state index in [1.165, 1.54) is 0 Å². The van der Waals surface area contributed by atoms with Crippen LogP contribution in [0.2, 0.25) is 0 Å². The lowest BCUT2D eigenvalue weighted by Crippen LogP contribution is -2.39. The molecule has 0 radical (unpaired) electrons. The molecule has 0 spiro atoms. The lowest BCUT2D eigenvalue weighted by molar-refractivity contribution is -0.141. The van der Waals surface area contributed by atoms with Gasteiger partial charge in [-0.05, 0) is 18.9 Å². The lowest BCUT2D eigenvalue weighted by Gasteiger charge is -2.31. The van der Waals surface area contributed by atoms with Crippen LogP contribution in [-0.4, -0.2) is 43.9 Å². The highest BCUT2D eigenvalue weighted by molar-refractivity contribution is 5.71. The van der Waals surface area contributed by atoms with E-state index in [-0.39, 0.29) is 5.92 Å². The van der Waals surface area contributed by atoms with E-state index >= 15 is 0 Å². The van der Waals surface area contributed by atoms with E-state index in [0.717, 1.165) is 19.4 Å². The average molecular weight is 273 g/mol. The van der Waals surface area contributed by atoms with Gasteiger partial charge >= 0.3 is 5.97 Å². The Morgan fingerprint density at radius 3 is 2.95 bits per heavy atom. The fraction of sp³-hybridized carbons (Fsp3) is 0.385. The summed E-state index contributed by atoms with van der Waals surface area (Å²) in [6.45, 7) is 1.29. The van der Waals surface area contributed by atoms with Crippen LogP contribution < -0.4 is 4.90 Å². The zero-order valence-electron chi connectivity index (χ0n) is 10.9. The fourth-order valence-corrected chi connectivity index (χ4v) is 2.40. The van der Waals surface area contributed by atoms with Gasteiger partial charge < -0.3 is 10.0 Å². The third kappa shape index (κ3) is 2.47. The van der Waals surface area contributed by atoms with Gasteiger partial charge in [-0.2, -0.15) is 5.10 Å². The van der Waals surface area contributed by atoms with E-state index in [9.17, 15) is 4.79 Å². The molecule has 20 heavy (non-hydrogen) atoms. The summed E-state index contributed by atoms with van der Waals surface area (Å²) in [5, 5.41) is 13.2. The second-order valence-electron chi connectivity index (χ2n) is 4.81. The molecule has 1 aliphatic rings. The molecule has 1 saturated heterocycles. The molecule has 3 rings (SSSR count). The summed E-state index contributed by atoms with van der Waals surface area (Å²) in [4.78, 5) is 21.8. The summed E-state index contributed by atoms with van der Waals surface area (Å²) < 4.78 is 1.63. The molecule has 7 heteroatoms. The van der Waals surface area contributed by atoms with Crippen molar-refractivity contribution in [2.45, 2.75) is 12.8 Å². The van der Waals surface area contributed by atoms with E-state index in [2.05, 4.69) is 15.1 Å². The van der Waals surface area contributed by atoms with Gasteiger partial charge in [0.2, 0.25) is 0 Å². The van der Waals surface area contributed by atoms with E-state index in [0.29, 0.717) is 18.2 Å². The van der Waals surface area contributed by atoms with E-state index in [1.807, 2.05) is 11.0 Å². The normalized spacial score (nSPS) is 19.0. The minimum atomic E-state index is -0.745. The first kappa shape index (κ1) is 12.6.